The largest absolute Gasteiger partial charge is 0.462 e. The molecule has 2 nitrogen and oxygen atoms in total. The summed E-state index contributed by atoms with van der Waals surface area (Å²) in [6, 6.07) is 3.59. The third kappa shape index (κ3) is 1.64. The van der Waals surface area contributed by atoms with Gasteiger partial charge in [-0.3, -0.25) is 5.41 Å². The van der Waals surface area contributed by atoms with Crippen molar-refractivity contribution in [3.63, 3.8) is 0 Å². The highest BCUT2D eigenvalue weighted by Gasteiger charge is 2.01. The number of nitrogens with one attached hydrogen (secondary N) is 1. The lowest BCUT2D eigenvalue weighted by atomic mass is 10.5. The Morgan fingerprint density at radius 1 is 1.80 bits per heavy atom. The summed E-state index contributed by atoms with van der Waals surface area (Å²) in [6.45, 7) is 2.02. The zero-order chi connectivity index (χ0) is 7.40. The first kappa shape index (κ1) is 7.41. The van der Waals surface area contributed by atoms with Crippen molar-refractivity contribution in [2.75, 3.05) is 5.75 Å². The highest BCUT2D eigenvalue weighted by Crippen LogP contribution is 2.11. The average Bonchev–Trinajstić information content (AvgIpc) is 2.38. The van der Waals surface area contributed by atoms with Gasteiger partial charge in [0.25, 0.3) is 0 Å². The lowest BCUT2D eigenvalue weighted by Gasteiger charge is -1.93. The Morgan fingerprint density at radius 2 is 2.60 bits per heavy atom. The number of hydrogen-bond donors (Lipinski definition) is 1. The fourth-order valence-corrected chi connectivity index (χ4v) is 1.17. The molecule has 1 aromatic heterocycles. The van der Waals surface area contributed by atoms with Crippen LogP contribution in [0.5, 0.6) is 0 Å². The van der Waals surface area contributed by atoms with Crippen LogP contribution >= 0.6 is 11.8 Å². The zero-order valence-electron chi connectivity index (χ0n) is 5.76. The van der Waals surface area contributed by atoms with Crippen molar-refractivity contribution in [2.45, 2.75) is 6.92 Å². The van der Waals surface area contributed by atoms with E-state index >= 15 is 0 Å². The molecule has 0 aliphatic rings. The van der Waals surface area contributed by atoms with Crippen molar-refractivity contribution >= 4 is 16.8 Å². The molecule has 0 aliphatic carbocycles. The van der Waals surface area contributed by atoms with Crippen molar-refractivity contribution in [3.8, 4) is 0 Å². The van der Waals surface area contributed by atoms with Gasteiger partial charge in [0, 0.05) is 0 Å². The van der Waals surface area contributed by atoms with Crippen LogP contribution in [0.25, 0.3) is 0 Å². The fraction of sp³-hybridized carbons (Fsp3) is 0.286. The molecule has 10 heavy (non-hydrogen) atoms. The normalized spacial score (nSPS) is 9.70. The molecule has 1 N–H and O–H groups in total. The summed E-state index contributed by atoms with van der Waals surface area (Å²) in [5.74, 6) is 1.58. The van der Waals surface area contributed by atoms with E-state index < -0.39 is 0 Å². The van der Waals surface area contributed by atoms with Crippen molar-refractivity contribution in [1.82, 2.24) is 0 Å². The highest BCUT2D eigenvalue weighted by molar-refractivity contribution is 8.14. The summed E-state index contributed by atoms with van der Waals surface area (Å²) in [7, 11) is 0. The minimum absolute atomic E-state index is 0.507. The molecule has 1 rings (SSSR count). The number of thioether (sulfide) groups is 1. The van der Waals surface area contributed by atoms with Gasteiger partial charge in [-0.15, -0.1) is 11.8 Å². The Morgan fingerprint density at radius 3 is 3.10 bits per heavy atom. The second kappa shape index (κ2) is 3.46. The van der Waals surface area contributed by atoms with Gasteiger partial charge in [-0.05, 0) is 17.9 Å². The monoisotopic (exact) mass is 155 g/mol. The molecule has 1 heterocycles. The van der Waals surface area contributed by atoms with E-state index in [0.717, 1.165) is 5.75 Å². The lowest BCUT2D eigenvalue weighted by molar-refractivity contribution is 0.559. The van der Waals surface area contributed by atoms with Gasteiger partial charge >= 0.3 is 0 Å². The molecule has 54 valence electrons. The van der Waals surface area contributed by atoms with Crippen LogP contribution in [0.3, 0.4) is 0 Å². The number of hydrogen-bond acceptors (Lipinski definition) is 3. The van der Waals surface area contributed by atoms with Gasteiger partial charge in [-0.1, -0.05) is 6.92 Å². The van der Waals surface area contributed by atoms with E-state index in [-0.39, 0.29) is 0 Å². The standard InChI is InChI=1S/C7H9NOS/c1-2-10-7(8)6-4-3-5-9-6/h3-5,8H,2H2,1H3. The topological polar surface area (TPSA) is 37.0 Å². The maximum Gasteiger partial charge on any atom is 0.158 e. The molecule has 0 bridgehead atoms. The van der Waals surface area contributed by atoms with Gasteiger partial charge in [-0.2, -0.15) is 0 Å². The van der Waals surface area contributed by atoms with E-state index in [2.05, 4.69) is 0 Å². The Labute approximate surface area is 64.1 Å². The number of furan rings is 1. The smallest absolute Gasteiger partial charge is 0.158 e. The van der Waals surface area contributed by atoms with Crippen molar-refractivity contribution in [1.29, 1.82) is 5.41 Å². The summed E-state index contributed by atoms with van der Waals surface area (Å²) < 4.78 is 5.00. The lowest BCUT2D eigenvalue weighted by Crippen LogP contribution is -1.89. The molecule has 0 unspecified atom stereocenters. The molecule has 0 spiro atoms. The Bertz CT molecular complexity index is 205. The molecule has 3 heteroatoms. The maximum absolute atomic E-state index is 7.42. The third-order valence-electron chi connectivity index (χ3n) is 1.03. The molecule has 0 fully saturated rings. The first-order valence-electron chi connectivity index (χ1n) is 3.10. The van der Waals surface area contributed by atoms with E-state index in [1.165, 1.54) is 11.8 Å². The molecule has 0 saturated carbocycles. The van der Waals surface area contributed by atoms with Gasteiger partial charge < -0.3 is 4.42 Å². The van der Waals surface area contributed by atoms with Crippen LogP contribution < -0.4 is 0 Å². The molecule has 0 radical (unpaired) electrons. The fourth-order valence-electron chi connectivity index (χ4n) is 0.623. The molecule has 0 atom stereocenters. The summed E-state index contributed by atoms with van der Waals surface area (Å²) in [6.07, 6.45) is 1.58. The van der Waals surface area contributed by atoms with Crippen LogP contribution in [0, 0.1) is 5.41 Å². The van der Waals surface area contributed by atoms with E-state index in [0.29, 0.717) is 10.8 Å². The van der Waals surface area contributed by atoms with E-state index in [9.17, 15) is 0 Å². The Balaban J connectivity index is 2.59. The minimum Gasteiger partial charge on any atom is -0.462 e. The SMILES string of the molecule is CCSC(=N)c1ccco1. The van der Waals surface area contributed by atoms with Gasteiger partial charge in [0.1, 0.15) is 5.04 Å². The quantitative estimate of drug-likeness (QED) is 0.525. The Kier molecular flexibility index (Phi) is 2.57. The molecule has 0 saturated heterocycles. The van der Waals surface area contributed by atoms with Crippen LogP contribution in [-0.4, -0.2) is 10.8 Å². The second-order valence-corrected chi connectivity index (χ2v) is 3.01. The summed E-state index contributed by atoms with van der Waals surface area (Å²) in [4.78, 5) is 0. The summed E-state index contributed by atoms with van der Waals surface area (Å²) in [5, 5.41) is 7.92. The van der Waals surface area contributed by atoms with Crippen LogP contribution in [0.1, 0.15) is 12.7 Å². The van der Waals surface area contributed by atoms with E-state index in [1.807, 2.05) is 6.92 Å². The van der Waals surface area contributed by atoms with Crippen molar-refractivity contribution in [3.05, 3.63) is 24.2 Å². The predicted molar refractivity (Wildman–Crippen MR) is 43.7 cm³/mol. The van der Waals surface area contributed by atoms with E-state index in [4.69, 9.17) is 9.83 Å². The van der Waals surface area contributed by atoms with Crippen LogP contribution in [-0.2, 0) is 0 Å². The van der Waals surface area contributed by atoms with E-state index in [1.54, 1.807) is 18.4 Å². The summed E-state index contributed by atoms with van der Waals surface area (Å²) >= 11 is 1.48. The van der Waals surface area contributed by atoms with Gasteiger partial charge in [-0.25, -0.2) is 0 Å². The van der Waals surface area contributed by atoms with Crippen molar-refractivity contribution in [2.24, 2.45) is 0 Å². The molecule has 0 aromatic carbocycles. The zero-order valence-corrected chi connectivity index (χ0v) is 6.57. The number of rotatable bonds is 2. The van der Waals surface area contributed by atoms with Crippen LogP contribution in [0.2, 0.25) is 0 Å². The predicted octanol–water partition coefficient (Wildman–Crippen LogP) is 2.36. The first-order chi connectivity index (χ1) is 4.84. The third-order valence-corrected chi connectivity index (χ3v) is 1.81. The average molecular weight is 155 g/mol. The second-order valence-electron chi connectivity index (χ2n) is 1.74. The van der Waals surface area contributed by atoms with Gasteiger partial charge in [0.2, 0.25) is 0 Å². The Hall–Kier alpha value is -0.700. The molecular formula is C7H9NOS. The van der Waals surface area contributed by atoms with Crippen LogP contribution in [0.4, 0.5) is 0 Å². The summed E-state index contributed by atoms with van der Waals surface area (Å²) in [5.41, 5.74) is 0. The molecule has 1 aromatic rings. The van der Waals surface area contributed by atoms with Crippen molar-refractivity contribution < 1.29 is 4.42 Å². The van der Waals surface area contributed by atoms with Crippen LogP contribution in [0.15, 0.2) is 22.8 Å². The molecule has 0 amide bonds. The maximum atomic E-state index is 7.42. The minimum atomic E-state index is 0.507. The molecule has 0 aliphatic heterocycles. The van der Waals surface area contributed by atoms with Gasteiger partial charge in [0.15, 0.2) is 5.76 Å². The van der Waals surface area contributed by atoms with Gasteiger partial charge in [0.05, 0.1) is 6.26 Å². The molecular weight excluding hydrogens is 146 g/mol. The highest BCUT2D eigenvalue weighted by atomic mass is 32.2. The first-order valence-corrected chi connectivity index (χ1v) is 4.08.